The number of esters is 3. The number of carbonyl (C=O) groups is 3. The topological polar surface area (TPSA) is 78.9 Å². The van der Waals surface area contributed by atoms with Gasteiger partial charge in [-0.25, -0.2) is 0 Å². The molecule has 1 atom stereocenters. The van der Waals surface area contributed by atoms with Crippen molar-refractivity contribution in [2.24, 2.45) is 0 Å². The fourth-order valence-electron chi connectivity index (χ4n) is 8.09. The summed E-state index contributed by atoms with van der Waals surface area (Å²) < 4.78 is 16.8. The molecule has 6 nitrogen and oxygen atoms in total. The van der Waals surface area contributed by atoms with E-state index in [4.69, 9.17) is 14.2 Å². The van der Waals surface area contributed by atoms with Crippen LogP contribution in [-0.4, -0.2) is 37.2 Å². The fourth-order valence-corrected chi connectivity index (χ4v) is 8.09. The van der Waals surface area contributed by atoms with Crippen molar-refractivity contribution < 1.29 is 28.6 Å². The van der Waals surface area contributed by atoms with E-state index in [0.29, 0.717) is 19.3 Å². The van der Waals surface area contributed by atoms with Gasteiger partial charge in [0, 0.05) is 19.3 Å². The number of carbonyl (C=O) groups excluding carboxylic acids is 3. The second kappa shape index (κ2) is 59.6. The Labute approximate surface area is 444 Å². The maximum absolute atomic E-state index is 12.8. The zero-order chi connectivity index (χ0) is 52.2. The van der Waals surface area contributed by atoms with Gasteiger partial charge in [-0.2, -0.15) is 0 Å². The highest BCUT2D eigenvalue weighted by Crippen LogP contribution is 2.16. The number of hydrogen-bond donors (Lipinski definition) is 0. The Morgan fingerprint density at radius 2 is 0.542 bits per heavy atom. The van der Waals surface area contributed by atoms with Crippen LogP contribution in [0.1, 0.15) is 271 Å². The summed E-state index contributed by atoms with van der Waals surface area (Å²) in [5, 5.41) is 0. The fraction of sp³-hybridized carbons (Fsp3) is 0.682. The van der Waals surface area contributed by atoms with Crippen LogP contribution in [0.3, 0.4) is 0 Å². The number of rotatable bonds is 53. The lowest BCUT2D eigenvalue weighted by Gasteiger charge is -2.18. The third kappa shape index (κ3) is 57.0. The summed E-state index contributed by atoms with van der Waals surface area (Å²) in [5.74, 6) is -0.954. The molecule has 0 amide bonds. The van der Waals surface area contributed by atoms with Gasteiger partial charge in [0.15, 0.2) is 6.10 Å². The monoisotopic (exact) mass is 999 g/mol. The van der Waals surface area contributed by atoms with Gasteiger partial charge in [0.1, 0.15) is 13.2 Å². The summed E-state index contributed by atoms with van der Waals surface area (Å²) >= 11 is 0. The summed E-state index contributed by atoms with van der Waals surface area (Å²) in [7, 11) is 0. The van der Waals surface area contributed by atoms with Crippen molar-refractivity contribution in [3.05, 3.63) is 109 Å². The molecule has 1 unspecified atom stereocenters. The summed E-state index contributed by atoms with van der Waals surface area (Å²) in [6.07, 6.45) is 81.0. The smallest absolute Gasteiger partial charge is 0.306 e. The van der Waals surface area contributed by atoms with Crippen LogP contribution in [0, 0.1) is 0 Å². The number of hydrogen-bond acceptors (Lipinski definition) is 6. The van der Waals surface area contributed by atoms with E-state index in [9.17, 15) is 14.4 Å². The summed E-state index contributed by atoms with van der Waals surface area (Å²) in [4.78, 5) is 38.0. The van der Waals surface area contributed by atoms with Gasteiger partial charge in [0.05, 0.1) is 0 Å². The van der Waals surface area contributed by atoms with E-state index >= 15 is 0 Å². The Kier molecular flexibility index (Phi) is 56.4. The second-order valence-corrected chi connectivity index (χ2v) is 19.5. The predicted molar refractivity (Wildman–Crippen MR) is 311 cm³/mol. The SMILES string of the molecule is CC/C=C\C/C=C\C/C=C\C/C=C\C/C=C\C/C=C\C/C=C\C/C=C\C/C=C\CCCC(=O)OCC(COC(=O)CCCCCCCCCCC)OC(=O)CCCCCCCCCCCCCCCCCC. The summed E-state index contributed by atoms with van der Waals surface area (Å²) in [6, 6.07) is 0. The van der Waals surface area contributed by atoms with Crippen molar-refractivity contribution in [1.29, 1.82) is 0 Å². The molecular weight excluding hydrogens is 889 g/mol. The molecule has 410 valence electrons. The Morgan fingerprint density at radius 3 is 0.847 bits per heavy atom. The molecule has 0 spiro atoms. The number of unbranched alkanes of at least 4 members (excludes halogenated alkanes) is 24. The van der Waals surface area contributed by atoms with Crippen molar-refractivity contribution in [3.8, 4) is 0 Å². The molecule has 0 saturated carbocycles. The van der Waals surface area contributed by atoms with Crippen molar-refractivity contribution >= 4 is 17.9 Å². The maximum Gasteiger partial charge on any atom is 0.306 e. The van der Waals surface area contributed by atoms with Crippen molar-refractivity contribution in [1.82, 2.24) is 0 Å². The maximum atomic E-state index is 12.8. The van der Waals surface area contributed by atoms with Gasteiger partial charge in [-0.3, -0.25) is 14.4 Å². The van der Waals surface area contributed by atoms with Crippen molar-refractivity contribution in [2.75, 3.05) is 13.2 Å². The largest absolute Gasteiger partial charge is 0.462 e. The van der Waals surface area contributed by atoms with Gasteiger partial charge in [-0.15, -0.1) is 0 Å². The Morgan fingerprint density at radius 1 is 0.292 bits per heavy atom. The number of allylic oxidation sites excluding steroid dienone is 18. The van der Waals surface area contributed by atoms with Crippen LogP contribution in [0.2, 0.25) is 0 Å². The zero-order valence-electron chi connectivity index (χ0n) is 46.9. The number of ether oxygens (including phenoxy) is 3. The minimum Gasteiger partial charge on any atom is -0.462 e. The second-order valence-electron chi connectivity index (χ2n) is 19.5. The van der Waals surface area contributed by atoms with E-state index in [1.54, 1.807) is 0 Å². The molecule has 0 saturated heterocycles. The highest BCUT2D eigenvalue weighted by molar-refractivity contribution is 5.71. The first-order chi connectivity index (χ1) is 35.5. The van der Waals surface area contributed by atoms with E-state index in [2.05, 4.69) is 130 Å². The van der Waals surface area contributed by atoms with Crippen molar-refractivity contribution in [3.63, 3.8) is 0 Å². The normalized spacial score (nSPS) is 12.9. The molecule has 72 heavy (non-hydrogen) atoms. The average Bonchev–Trinajstić information content (AvgIpc) is 3.38. The van der Waals surface area contributed by atoms with Gasteiger partial charge in [-0.1, -0.05) is 278 Å². The van der Waals surface area contributed by atoms with Crippen LogP contribution >= 0.6 is 0 Å². The van der Waals surface area contributed by atoms with Crippen LogP contribution in [0.25, 0.3) is 0 Å². The molecule has 0 N–H and O–H groups in total. The third-order valence-corrected chi connectivity index (χ3v) is 12.5. The quantitative estimate of drug-likeness (QED) is 0.0261. The lowest BCUT2D eigenvalue weighted by Crippen LogP contribution is -2.30. The molecule has 0 aliphatic heterocycles. The molecule has 0 aromatic rings. The Balaban J connectivity index is 4.34. The predicted octanol–water partition coefficient (Wildman–Crippen LogP) is 20.3. The molecule has 6 heteroatoms. The summed E-state index contributed by atoms with van der Waals surface area (Å²) in [6.45, 7) is 6.47. The molecule has 0 aliphatic rings. The minimum absolute atomic E-state index is 0.0935. The third-order valence-electron chi connectivity index (χ3n) is 12.5. The lowest BCUT2D eigenvalue weighted by atomic mass is 10.0. The van der Waals surface area contributed by atoms with Gasteiger partial charge in [0.2, 0.25) is 0 Å². The first kappa shape index (κ1) is 68.1. The van der Waals surface area contributed by atoms with Crippen LogP contribution in [0.15, 0.2) is 109 Å². The molecule has 0 aromatic heterocycles. The van der Waals surface area contributed by atoms with Gasteiger partial charge in [-0.05, 0) is 83.5 Å². The van der Waals surface area contributed by atoms with Crippen molar-refractivity contribution in [2.45, 2.75) is 277 Å². The van der Waals surface area contributed by atoms with Gasteiger partial charge < -0.3 is 14.2 Å². The standard InChI is InChI=1S/C66H110O6/c1-4-7-10-13-16-19-21-23-25-27-28-29-30-31-32-33-34-35-36-37-38-39-41-42-44-47-50-53-56-59-65(68)71-62-63(61-70-64(67)58-55-52-49-46-18-15-12-9-6-3)72-66(69)60-57-54-51-48-45-43-40-26-24-22-20-17-14-11-8-5-2/h7,10,16,19,23,25,28-29,31-32,34-35,37-38,41-42,47,50,63H,4-6,8-9,11-15,17-18,20-22,24,26-27,30,33,36,39-40,43-46,48-49,51-62H2,1-3H3/b10-7-,19-16-,25-23-,29-28-,32-31-,35-34-,38-37-,42-41-,50-47-. The van der Waals surface area contributed by atoms with Gasteiger partial charge in [0.25, 0.3) is 0 Å². The lowest BCUT2D eigenvalue weighted by molar-refractivity contribution is -0.167. The first-order valence-corrected chi connectivity index (χ1v) is 29.9. The highest BCUT2D eigenvalue weighted by Gasteiger charge is 2.19. The molecule has 0 bridgehead atoms. The Bertz CT molecular complexity index is 1470. The molecule has 0 aromatic carbocycles. The average molecular weight is 1000 g/mol. The van der Waals surface area contributed by atoms with E-state index < -0.39 is 6.10 Å². The highest BCUT2D eigenvalue weighted by atomic mass is 16.6. The van der Waals surface area contributed by atoms with Crippen LogP contribution < -0.4 is 0 Å². The van der Waals surface area contributed by atoms with E-state index in [-0.39, 0.29) is 37.5 Å². The summed E-state index contributed by atoms with van der Waals surface area (Å²) in [5.41, 5.74) is 0. The van der Waals surface area contributed by atoms with E-state index in [1.807, 2.05) is 0 Å². The minimum atomic E-state index is -0.798. The molecule has 0 rings (SSSR count). The van der Waals surface area contributed by atoms with Crippen LogP contribution in [0.5, 0.6) is 0 Å². The zero-order valence-corrected chi connectivity index (χ0v) is 46.9. The van der Waals surface area contributed by atoms with E-state index in [1.165, 1.54) is 122 Å². The molecule has 0 radical (unpaired) electrons. The van der Waals surface area contributed by atoms with Gasteiger partial charge >= 0.3 is 17.9 Å². The van der Waals surface area contributed by atoms with Crippen LogP contribution in [-0.2, 0) is 28.6 Å². The Hall–Kier alpha value is -3.93. The molecule has 0 heterocycles. The first-order valence-electron chi connectivity index (χ1n) is 29.9. The van der Waals surface area contributed by atoms with E-state index in [0.717, 1.165) is 103 Å². The molecular formula is C66H110O6. The van der Waals surface area contributed by atoms with Crippen LogP contribution in [0.4, 0.5) is 0 Å². The molecule has 0 aliphatic carbocycles. The molecule has 0 fully saturated rings.